The van der Waals surface area contributed by atoms with E-state index >= 15 is 0 Å². The van der Waals surface area contributed by atoms with E-state index in [4.69, 9.17) is 5.73 Å². The molecule has 2 aromatic heterocycles. The van der Waals surface area contributed by atoms with Crippen LogP contribution < -0.4 is 10.5 Å². The number of rotatable bonds is 4. The van der Waals surface area contributed by atoms with E-state index in [1.807, 2.05) is 6.92 Å². The van der Waals surface area contributed by atoms with Crippen molar-refractivity contribution in [1.29, 1.82) is 0 Å². The van der Waals surface area contributed by atoms with Crippen LogP contribution in [0.2, 0.25) is 0 Å². The van der Waals surface area contributed by atoms with Gasteiger partial charge in [0.25, 0.3) is 10.0 Å². The predicted octanol–water partition coefficient (Wildman–Crippen LogP) is 0.0195. The maximum atomic E-state index is 12.1. The molecule has 0 saturated heterocycles. The van der Waals surface area contributed by atoms with Gasteiger partial charge in [-0.15, -0.1) is 0 Å². The summed E-state index contributed by atoms with van der Waals surface area (Å²) in [5.41, 5.74) is 5.59. The Bertz CT molecular complexity index is 656. The average molecular weight is 270 g/mol. The summed E-state index contributed by atoms with van der Waals surface area (Å²) in [4.78, 5) is -0.0463. The number of anilines is 2. The molecule has 0 aliphatic heterocycles. The van der Waals surface area contributed by atoms with Gasteiger partial charge in [0.05, 0.1) is 0 Å². The third kappa shape index (κ3) is 2.30. The van der Waals surface area contributed by atoms with Crippen molar-refractivity contribution in [1.82, 2.24) is 19.6 Å². The van der Waals surface area contributed by atoms with Crippen LogP contribution in [0.4, 0.5) is 11.6 Å². The predicted molar refractivity (Wildman–Crippen MR) is 66.3 cm³/mol. The first-order valence-corrected chi connectivity index (χ1v) is 6.76. The van der Waals surface area contributed by atoms with Crippen molar-refractivity contribution in [2.75, 3.05) is 10.5 Å². The van der Waals surface area contributed by atoms with E-state index in [1.165, 1.54) is 15.6 Å². The first kappa shape index (κ1) is 12.4. The number of nitrogens with zero attached hydrogens (tertiary/aromatic N) is 4. The van der Waals surface area contributed by atoms with E-state index in [2.05, 4.69) is 14.9 Å². The minimum absolute atomic E-state index is 0.0275. The molecule has 2 heterocycles. The number of aromatic nitrogens is 4. The average Bonchev–Trinajstić information content (AvgIpc) is 2.84. The summed E-state index contributed by atoms with van der Waals surface area (Å²) in [6.07, 6.45) is 3.03. The van der Waals surface area contributed by atoms with Crippen LogP contribution in [-0.2, 0) is 23.6 Å². The zero-order chi connectivity index (χ0) is 13.3. The number of aryl methyl sites for hydroxylation is 2. The molecular formula is C9H14N6O2S. The highest BCUT2D eigenvalue weighted by atomic mass is 32.2. The van der Waals surface area contributed by atoms with Gasteiger partial charge in [0.15, 0.2) is 11.6 Å². The van der Waals surface area contributed by atoms with Crippen LogP contribution >= 0.6 is 0 Å². The molecule has 0 spiro atoms. The Hall–Kier alpha value is -2.03. The fourth-order valence-corrected chi connectivity index (χ4v) is 2.52. The molecule has 0 aromatic carbocycles. The van der Waals surface area contributed by atoms with Crippen molar-refractivity contribution in [3.8, 4) is 0 Å². The Morgan fingerprint density at radius 1 is 1.44 bits per heavy atom. The van der Waals surface area contributed by atoms with Crippen LogP contribution in [0.3, 0.4) is 0 Å². The van der Waals surface area contributed by atoms with Crippen molar-refractivity contribution in [3.63, 3.8) is 0 Å². The van der Waals surface area contributed by atoms with Gasteiger partial charge in [0.2, 0.25) is 0 Å². The minimum atomic E-state index is -3.75. The lowest BCUT2D eigenvalue weighted by Gasteiger charge is -2.02. The molecule has 0 atom stereocenters. The fraction of sp³-hybridized carbons (Fsp3) is 0.333. The molecule has 0 amide bonds. The lowest BCUT2D eigenvalue weighted by Crippen LogP contribution is -2.14. The van der Waals surface area contributed by atoms with Crippen molar-refractivity contribution in [2.45, 2.75) is 18.4 Å². The molecule has 0 bridgehead atoms. The van der Waals surface area contributed by atoms with E-state index in [0.29, 0.717) is 6.54 Å². The van der Waals surface area contributed by atoms with E-state index in [0.717, 1.165) is 0 Å². The molecule has 0 aliphatic carbocycles. The molecule has 2 aromatic rings. The van der Waals surface area contributed by atoms with Crippen LogP contribution in [0, 0.1) is 0 Å². The van der Waals surface area contributed by atoms with Gasteiger partial charge in [0.1, 0.15) is 4.90 Å². The molecule has 18 heavy (non-hydrogen) atoms. The second-order valence-electron chi connectivity index (χ2n) is 3.71. The monoisotopic (exact) mass is 270 g/mol. The molecule has 8 nitrogen and oxygen atoms in total. The molecule has 0 fully saturated rings. The van der Waals surface area contributed by atoms with Gasteiger partial charge in [-0.05, 0) is 6.92 Å². The molecule has 9 heteroatoms. The molecule has 3 N–H and O–H groups in total. The van der Waals surface area contributed by atoms with Crippen LogP contribution in [0.5, 0.6) is 0 Å². The van der Waals surface area contributed by atoms with Gasteiger partial charge in [-0.2, -0.15) is 10.2 Å². The smallest absolute Gasteiger partial charge is 0.268 e. The van der Waals surface area contributed by atoms with Gasteiger partial charge in [0, 0.05) is 32.1 Å². The zero-order valence-corrected chi connectivity index (χ0v) is 10.8. The van der Waals surface area contributed by atoms with Crippen LogP contribution in [0.1, 0.15) is 6.92 Å². The van der Waals surface area contributed by atoms with Gasteiger partial charge >= 0.3 is 0 Å². The Morgan fingerprint density at radius 3 is 2.67 bits per heavy atom. The highest BCUT2D eigenvalue weighted by Crippen LogP contribution is 2.19. The standard InChI is InChI=1S/C9H14N6O2S/c1-3-15-6-7(9(10)12-15)18(16,17)13-8-4-5-14(2)11-8/h4-6H,3H2,1-2H3,(H2,10,12)(H,11,13). The first-order valence-electron chi connectivity index (χ1n) is 5.28. The maximum absolute atomic E-state index is 12.1. The summed E-state index contributed by atoms with van der Waals surface area (Å²) in [6.45, 7) is 2.39. The van der Waals surface area contributed by atoms with Crippen molar-refractivity contribution < 1.29 is 8.42 Å². The molecule has 0 unspecified atom stereocenters. The lowest BCUT2D eigenvalue weighted by molar-refractivity contribution is 0.600. The molecule has 0 aliphatic rings. The summed E-state index contributed by atoms with van der Waals surface area (Å²) in [5, 5.41) is 7.83. The van der Waals surface area contributed by atoms with Crippen molar-refractivity contribution in [2.24, 2.45) is 7.05 Å². The van der Waals surface area contributed by atoms with Gasteiger partial charge in [-0.3, -0.25) is 14.1 Å². The van der Waals surface area contributed by atoms with E-state index in [-0.39, 0.29) is 16.5 Å². The zero-order valence-electron chi connectivity index (χ0n) is 10.0. The van der Waals surface area contributed by atoms with Crippen molar-refractivity contribution >= 4 is 21.7 Å². The summed E-state index contributed by atoms with van der Waals surface area (Å²) in [7, 11) is -2.06. The highest BCUT2D eigenvalue weighted by molar-refractivity contribution is 7.92. The second-order valence-corrected chi connectivity index (χ2v) is 5.37. The molecule has 0 saturated carbocycles. The number of sulfonamides is 1. The number of nitrogens with two attached hydrogens (primary N) is 1. The number of nitrogen functional groups attached to an aromatic ring is 1. The Balaban J connectivity index is 2.33. The molecular weight excluding hydrogens is 256 g/mol. The fourth-order valence-electron chi connectivity index (χ4n) is 1.45. The maximum Gasteiger partial charge on any atom is 0.268 e. The molecule has 2 rings (SSSR count). The van der Waals surface area contributed by atoms with Crippen LogP contribution in [0.25, 0.3) is 0 Å². The van der Waals surface area contributed by atoms with E-state index < -0.39 is 10.0 Å². The van der Waals surface area contributed by atoms with Crippen LogP contribution in [0.15, 0.2) is 23.4 Å². The Kier molecular flexibility index (Phi) is 2.99. The molecule has 0 radical (unpaired) electrons. The van der Waals surface area contributed by atoms with Gasteiger partial charge < -0.3 is 5.73 Å². The third-order valence-electron chi connectivity index (χ3n) is 2.32. The topological polar surface area (TPSA) is 108 Å². The molecule has 98 valence electrons. The van der Waals surface area contributed by atoms with Crippen LogP contribution in [-0.4, -0.2) is 28.0 Å². The lowest BCUT2D eigenvalue weighted by atomic mass is 10.6. The Labute approximate surface area is 104 Å². The summed E-state index contributed by atoms with van der Waals surface area (Å²) >= 11 is 0. The minimum Gasteiger partial charge on any atom is -0.381 e. The summed E-state index contributed by atoms with van der Waals surface area (Å²) in [5.74, 6) is 0.210. The SMILES string of the molecule is CCn1cc(S(=O)(=O)Nc2ccn(C)n2)c(N)n1. The first-order chi connectivity index (χ1) is 8.42. The highest BCUT2D eigenvalue weighted by Gasteiger charge is 2.21. The number of hydrogen-bond donors (Lipinski definition) is 2. The normalized spacial score (nSPS) is 11.7. The van der Waals surface area contributed by atoms with E-state index in [1.54, 1.807) is 19.3 Å². The van der Waals surface area contributed by atoms with Gasteiger partial charge in [-0.25, -0.2) is 8.42 Å². The Morgan fingerprint density at radius 2 is 2.17 bits per heavy atom. The quantitative estimate of drug-likeness (QED) is 0.814. The summed E-state index contributed by atoms with van der Waals surface area (Å²) < 4.78 is 29.4. The third-order valence-corrected chi connectivity index (χ3v) is 3.69. The van der Waals surface area contributed by atoms with Crippen molar-refractivity contribution in [3.05, 3.63) is 18.5 Å². The summed E-state index contributed by atoms with van der Waals surface area (Å²) in [6, 6.07) is 1.55. The van der Waals surface area contributed by atoms with E-state index in [9.17, 15) is 8.42 Å². The van der Waals surface area contributed by atoms with Gasteiger partial charge in [-0.1, -0.05) is 0 Å². The number of hydrogen-bond acceptors (Lipinski definition) is 5. The number of nitrogens with one attached hydrogen (secondary N) is 1. The largest absolute Gasteiger partial charge is 0.381 e. The second kappa shape index (κ2) is 4.33.